The topological polar surface area (TPSA) is 32.3 Å². The Morgan fingerprint density at radius 2 is 1.87 bits per heavy atom. The summed E-state index contributed by atoms with van der Waals surface area (Å²) in [4.78, 5) is 0. The Kier molecular flexibility index (Phi) is 5.07. The molecule has 0 aromatic rings. The third-order valence-electron chi connectivity index (χ3n) is 3.78. The Balaban J connectivity index is 2.35. The van der Waals surface area contributed by atoms with Crippen LogP contribution in [0.1, 0.15) is 59.3 Å². The van der Waals surface area contributed by atoms with Crippen LogP contribution < -0.4 is 5.32 Å². The Hall–Kier alpha value is -0.0800. The van der Waals surface area contributed by atoms with Gasteiger partial charge in [-0.25, -0.2) is 0 Å². The summed E-state index contributed by atoms with van der Waals surface area (Å²) in [7, 11) is 0. The normalized spacial score (nSPS) is 28.8. The predicted octanol–water partition coefficient (Wildman–Crippen LogP) is 2.71. The first-order valence-electron chi connectivity index (χ1n) is 6.46. The molecule has 0 spiro atoms. The zero-order valence-corrected chi connectivity index (χ0v) is 10.6. The van der Waals surface area contributed by atoms with E-state index in [0.29, 0.717) is 11.5 Å². The minimum absolute atomic E-state index is 0.125. The minimum Gasteiger partial charge on any atom is -0.392 e. The van der Waals surface area contributed by atoms with Crippen LogP contribution in [-0.2, 0) is 0 Å². The summed E-state index contributed by atoms with van der Waals surface area (Å²) in [6, 6.07) is 0.332. The van der Waals surface area contributed by atoms with Gasteiger partial charge < -0.3 is 10.4 Å². The molecule has 2 nitrogen and oxygen atoms in total. The third kappa shape index (κ3) is 4.52. The molecule has 90 valence electrons. The molecule has 0 amide bonds. The van der Waals surface area contributed by atoms with E-state index in [9.17, 15) is 5.11 Å². The molecule has 0 saturated heterocycles. The van der Waals surface area contributed by atoms with E-state index >= 15 is 0 Å². The molecule has 1 aliphatic carbocycles. The van der Waals surface area contributed by atoms with Crippen LogP contribution in [0.15, 0.2) is 0 Å². The van der Waals surface area contributed by atoms with Crippen LogP contribution in [0.5, 0.6) is 0 Å². The first-order chi connectivity index (χ1) is 7.05. The lowest BCUT2D eigenvalue weighted by molar-refractivity contribution is 0.113. The summed E-state index contributed by atoms with van der Waals surface area (Å²) in [6.45, 7) is 7.81. The molecular weight excluding hydrogens is 186 g/mol. The fourth-order valence-corrected chi connectivity index (χ4v) is 2.06. The Morgan fingerprint density at radius 3 is 2.53 bits per heavy atom. The van der Waals surface area contributed by atoms with Gasteiger partial charge in [0.2, 0.25) is 0 Å². The van der Waals surface area contributed by atoms with Crippen molar-refractivity contribution in [1.82, 2.24) is 5.32 Å². The number of nitrogens with one attached hydrogen (secondary N) is 1. The molecule has 2 atom stereocenters. The van der Waals surface area contributed by atoms with Crippen LogP contribution in [-0.4, -0.2) is 23.8 Å². The van der Waals surface area contributed by atoms with E-state index in [1.807, 2.05) is 0 Å². The molecule has 0 aromatic carbocycles. The van der Waals surface area contributed by atoms with E-state index in [0.717, 1.165) is 19.4 Å². The number of rotatable bonds is 4. The molecule has 0 aliphatic heterocycles. The molecule has 0 heterocycles. The maximum atomic E-state index is 9.96. The maximum Gasteiger partial charge on any atom is 0.0693 e. The molecule has 1 saturated carbocycles. The van der Waals surface area contributed by atoms with Gasteiger partial charge in [-0.05, 0) is 24.7 Å². The Morgan fingerprint density at radius 1 is 1.20 bits per heavy atom. The standard InChI is InChI=1S/C13H27NO/c1-4-13(2,3)10-14-11-8-6-5-7-9-12(11)15/h11-12,14-15H,4-10H2,1-3H3. The largest absolute Gasteiger partial charge is 0.392 e. The number of aliphatic hydroxyl groups is 1. The highest BCUT2D eigenvalue weighted by Crippen LogP contribution is 2.21. The number of hydrogen-bond donors (Lipinski definition) is 2. The van der Waals surface area contributed by atoms with Gasteiger partial charge in [-0.3, -0.25) is 0 Å². The number of aliphatic hydroxyl groups excluding tert-OH is 1. The van der Waals surface area contributed by atoms with Crippen LogP contribution in [0, 0.1) is 5.41 Å². The molecule has 1 fully saturated rings. The van der Waals surface area contributed by atoms with E-state index < -0.39 is 0 Å². The van der Waals surface area contributed by atoms with Crippen molar-refractivity contribution in [3.8, 4) is 0 Å². The lowest BCUT2D eigenvalue weighted by Crippen LogP contribution is -2.43. The quantitative estimate of drug-likeness (QED) is 0.704. The molecule has 0 bridgehead atoms. The smallest absolute Gasteiger partial charge is 0.0693 e. The summed E-state index contributed by atoms with van der Waals surface area (Å²) in [5, 5.41) is 13.5. The second-order valence-corrected chi connectivity index (χ2v) is 5.71. The van der Waals surface area contributed by atoms with E-state index in [4.69, 9.17) is 0 Å². The lowest BCUT2D eigenvalue weighted by Gasteiger charge is -2.29. The molecular formula is C13H27NO. The molecule has 0 radical (unpaired) electrons. The Labute approximate surface area is 94.5 Å². The third-order valence-corrected chi connectivity index (χ3v) is 3.78. The zero-order valence-electron chi connectivity index (χ0n) is 10.6. The average Bonchev–Trinajstić information content (AvgIpc) is 2.40. The van der Waals surface area contributed by atoms with E-state index in [1.165, 1.54) is 25.7 Å². The van der Waals surface area contributed by atoms with Gasteiger partial charge in [0.05, 0.1) is 6.10 Å². The van der Waals surface area contributed by atoms with Gasteiger partial charge in [-0.1, -0.05) is 40.0 Å². The van der Waals surface area contributed by atoms with Gasteiger partial charge >= 0.3 is 0 Å². The monoisotopic (exact) mass is 213 g/mol. The maximum absolute atomic E-state index is 9.96. The molecule has 2 N–H and O–H groups in total. The van der Waals surface area contributed by atoms with Crippen molar-refractivity contribution in [3.05, 3.63) is 0 Å². The summed E-state index contributed by atoms with van der Waals surface area (Å²) < 4.78 is 0. The van der Waals surface area contributed by atoms with Gasteiger partial charge in [-0.15, -0.1) is 0 Å². The van der Waals surface area contributed by atoms with Crippen molar-refractivity contribution in [3.63, 3.8) is 0 Å². The highest BCUT2D eigenvalue weighted by molar-refractivity contribution is 4.81. The van der Waals surface area contributed by atoms with E-state index in [2.05, 4.69) is 26.1 Å². The Bertz CT molecular complexity index is 179. The zero-order chi connectivity index (χ0) is 11.3. The number of hydrogen-bond acceptors (Lipinski definition) is 2. The summed E-state index contributed by atoms with van der Waals surface area (Å²) >= 11 is 0. The second kappa shape index (κ2) is 5.86. The molecule has 0 aromatic heterocycles. The lowest BCUT2D eigenvalue weighted by atomic mass is 9.89. The molecule has 1 rings (SSSR count). The van der Waals surface area contributed by atoms with Crippen LogP contribution in [0.25, 0.3) is 0 Å². The highest BCUT2D eigenvalue weighted by atomic mass is 16.3. The summed E-state index contributed by atoms with van der Waals surface area (Å²) in [5.74, 6) is 0. The SMILES string of the molecule is CCC(C)(C)CNC1CCCCCC1O. The van der Waals surface area contributed by atoms with Gasteiger partial charge in [0.1, 0.15) is 0 Å². The first kappa shape index (κ1) is 13.0. The predicted molar refractivity (Wildman–Crippen MR) is 65.0 cm³/mol. The van der Waals surface area contributed by atoms with Gasteiger partial charge in [0.25, 0.3) is 0 Å². The van der Waals surface area contributed by atoms with Crippen LogP contribution in [0.3, 0.4) is 0 Å². The minimum atomic E-state index is -0.125. The highest BCUT2D eigenvalue weighted by Gasteiger charge is 2.23. The van der Waals surface area contributed by atoms with Gasteiger partial charge in [0.15, 0.2) is 0 Å². The molecule has 2 heteroatoms. The molecule has 1 aliphatic rings. The van der Waals surface area contributed by atoms with Crippen molar-refractivity contribution >= 4 is 0 Å². The van der Waals surface area contributed by atoms with Crippen LogP contribution in [0.2, 0.25) is 0 Å². The van der Waals surface area contributed by atoms with Crippen molar-refractivity contribution in [2.75, 3.05) is 6.54 Å². The second-order valence-electron chi connectivity index (χ2n) is 5.71. The fraction of sp³-hybridized carbons (Fsp3) is 1.00. The van der Waals surface area contributed by atoms with Crippen LogP contribution in [0.4, 0.5) is 0 Å². The average molecular weight is 213 g/mol. The molecule has 15 heavy (non-hydrogen) atoms. The first-order valence-corrected chi connectivity index (χ1v) is 6.46. The summed E-state index contributed by atoms with van der Waals surface area (Å²) in [5.41, 5.74) is 0.353. The van der Waals surface area contributed by atoms with Crippen molar-refractivity contribution in [2.24, 2.45) is 5.41 Å². The van der Waals surface area contributed by atoms with Crippen molar-refractivity contribution in [2.45, 2.75) is 71.4 Å². The summed E-state index contributed by atoms with van der Waals surface area (Å²) in [6.07, 6.45) is 6.92. The van der Waals surface area contributed by atoms with Crippen LogP contribution >= 0.6 is 0 Å². The van der Waals surface area contributed by atoms with Gasteiger partial charge in [-0.2, -0.15) is 0 Å². The van der Waals surface area contributed by atoms with Crippen molar-refractivity contribution in [1.29, 1.82) is 0 Å². The molecule has 2 unspecified atom stereocenters. The van der Waals surface area contributed by atoms with E-state index in [1.54, 1.807) is 0 Å². The van der Waals surface area contributed by atoms with E-state index in [-0.39, 0.29) is 6.10 Å². The fourth-order valence-electron chi connectivity index (χ4n) is 2.06. The van der Waals surface area contributed by atoms with Gasteiger partial charge in [0, 0.05) is 12.6 Å². The van der Waals surface area contributed by atoms with Crippen molar-refractivity contribution < 1.29 is 5.11 Å².